The number of carbonyl (C=O) groups is 2. The minimum absolute atomic E-state index is 0.0315. The zero-order valence-corrected chi connectivity index (χ0v) is 19.3. The maximum Gasteiger partial charge on any atom is 0.270 e. The lowest BCUT2D eigenvalue weighted by atomic mass is 9.81. The quantitative estimate of drug-likeness (QED) is 0.683. The number of hydrogen-bond donors (Lipinski definition) is 1. The van der Waals surface area contributed by atoms with E-state index in [1.807, 2.05) is 0 Å². The van der Waals surface area contributed by atoms with Gasteiger partial charge in [-0.3, -0.25) is 14.4 Å². The van der Waals surface area contributed by atoms with E-state index >= 15 is 0 Å². The van der Waals surface area contributed by atoms with Crippen molar-refractivity contribution in [3.8, 4) is 0 Å². The summed E-state index contributed by atoms with van der Waals surface area (Å²) in [6.07, 6.45) is 4.58. The predicted octanol–water partition coefficient (Wildman–Crippen LogP) is 1.53. The Morgan fingerprint density at radius 2 is 1.81 bits per heavy atom. The molecule has 2 heterocycles. The predicted molar refractivity (Wildman–Crippen MR) is 117 cm³/mol. The number of fused-ring (bicyclic) bond motifs is 1. The molecule has 0 aromatic carbocycles. The first-order valence-electron chi connectivity index (χ1n) is 11.1. The highest BCUT2D eigenvalue weighted by Crippen LogP contribution is 2.44. The van der Waals surface area contributed by atoms with Gasteiger partial charge in [0.2, 0.25) is 0 Å². The minimum atomic E-state index is -3.28. The lowest BCUT2D eigenvalue weighted by Gasteiger charge is -2.32. The molecule has 0 radical (unpaired) electrons. The molecule has 1 aromatic heterocycles. The molecule has 0 saturated heterocycles. The van der Waals surface area contributed by atoms with Crippen molar-refractivity contribution in [3.63, 3.8) is 0 Å². The zero-order valence-electron chi connectivity index (χ0n) is 18.5. The number of halogens is 1. The van der Waals surface area contributed by atoms with Crippen molar-refractivity contribution in [2.24, 2.45) is 5.92 Å². The minimum Gasteiger partial charge on any atom is -0.352 e. The largest absolute Gasteiger partial charge is 0.352 e. The van der Waals surface area contributed by atoms with Crippen molar-refractivity contribution in [2.75, 3.05) is 25.9 Å². The SMILES string of the molecule is CC1(F)CCC(CNC(=O)c2ccc3n(c2=O)CCN(CC2(S(C)(=O)=O)CC2)C3=O)CC1. The van der Waals surface area contributed by atoms with Crippen LogP contribution in [0.4, 0.5) is 4.39 Å². The number of aromatic nitrogens is 1. The van der Waals surface area contributed by atoms with Gasteiger partial charge in [-0.2, -0.15) is 0 Å². The molecule has 32 heavy (non-hydrogen) atoms. The standard InChI is InChI=1S/C22H30FN3O5S/c1-21(23)7-5-15(6-8-21)13-24-18(27)16-3-4-17-20(29)25(11-12-26(17)19(16)28)14-22(9-10-22)32(2,30)31/h3-4,15H,5-14H2,1-2H3,(H,24,27). The molecule has 4 rings (SSSR count). The summed E-state index contributed by atoms with van der Waals surface area (Å²) < 4.78 is 38.5. The lowest BCUT2D eigenvalue weighted by Crippen LogP contribution is -2.49. The molecule has 176 valence electrons. The van der Waals surface area contributed by atoms with Gasteiger partial charge in [0.05, 0.1) is 4.75 Å². The number of hydrogen-bond acceptors (Lipinski definition) is 5. The van der Waals surface area contributed by atoms with Gasteiger partial charge >= 0.3 is 0 Å². The van der Waals surface area contributed by atoms with Crippen LogP contribution in [0.5, 0.6) is 0 Å². The van der Waals surface area contributed by atoms with E-state index < -0.39 is 37.6 Å². The van der Waals surface area contributed by atoms with E-state index in [0.29, 0.717) is 45.1 Å². The van der Waals surface area contributed by atoms with Crippen LogP contribution >= 0.6 is 0 Å². The number of sulfone groups is 1. The highest BCUT2D eigenvalue weighted by Gasteiger charge is 2.54. The van der Waals surface area contributed by atoms with Crippen LogP contribution in [-0.4, -0.2) is 66.0 Å². The van der Waals surface area contributed by atoms with Crippen molar-refractivity contribution >= 4 is 21.7 Å². The first-order valence-corrected chi connectivity index (χ1v) is 13.0. The van der Waals surface area contributed by atoms with E-state index in [0.717, 1.165) is 0 Å². The van der Waals surface area contributed by atoms with Gasteiger partial charge in [0.15, 0.2) is 9.84 Å². The van der Waals surface area contributed by atoms with Crippen LogP contribution in [0.25, 0.3) is 0 Å². The fourth-order valence-corrected chi connectivity index (χ4v) is 5.98. The molecular weight excluding hydrogens is 437 g/mol. The highest BCUT2D eigenvalue weighted by molar-refractivity contribution is 7.92. The maximum atomic E-state index is 13.9. The van der Waals surface area contributed by atoms with Crippen molar-refractivity contribution in [2.45, 2.75) is 62.4 Å². The molecule has 1 aliphatic heterocycles. The number of amides is 2. The topological polar surface area (TPSA) is 106 Å². The van der Waals surface area contributed by atoms with E-state index in [4.69, 9.17) is 0 Å². The van der Waals surface area contributed by atoms with Gasteiger partial charge in [-0.15, -0.1) is 0 Å². The van der Waals surface area contributed by atoms with Crippen molar-refractivity contribution < 1.29 is 22.4 Å². The summed E-state index contributed by atoms with van der Waals surface area (Å²) in [6.45, 7) is 2.54. The number of nitrogens with zero attached hydrogens (tertiary/aromatic N) is 2. The van der Waals surface area contributed by atoms with Crippen LogP contribution < -0.4 is 10.9 Å². The van der Waals surface area contributed by atoms with Gasteiger partial charge in [-0.05, 0) is 63.5 Å². The average molecular weight is 468 g/mol. The summed E-state index contributed by atoms with van der Waals surface area (Å²) in [7, 11) is -3.28. The first kappa shape index (κ1) is 22.9. The summed E-state index contributed by atoms with van der Waals surface area (Å²) in [5.74, 6) is -0.711. The molecule has 2 saturated carbocycles. The van der Waals surface area contributed by atoms with E-state index in [1.165, 1.54) is 27.9 Å². The van der Waals surface area contributed by atoms with Gasteiger partial charge in [0, 0.05) is 32.4 Å². The van der Waals surface area contributed by atoms with Crippen LogP contribution in [0.15, 0.2) is 16.9 Å². The highest BCUT2D eigenvalue weighted by atomic mass is 32.2. The summed E-state index contributed by atoms with van der Waals surface area (Å²) in [5, 5.41) is 2.78. The number of alkyl halides is 1. The van der Waals surface area contributed by atoms with Crippen LogP contribution in [0.2, 0.25) is 0 Å². The molecule has 2 fully saturated rings. The summed E-state index contributed by atoms with van der Waals surface area (Å²) in [6, 6.07) is 2.81. The van der Waals surface area contributed by atoms with Crippen LogP contribution in [-0.2, 0) is 16.4 Å². The lowest BCUT2D eigenvalue weighted by molar-refractivity contribution is 0.0694. The molecule has 0 atom stereocenters. The van der Waals surface area contributed by atoms with Crippen LogP contribution in [0.1, 0.15) is 66.3 Å². The molecule has 2 amide bonds. The second kappa shape index (κ2) is 7.97. The normalized spacial score (nSPS) is 27.0. The summed E-state index contributed by atoms with van der Waals surface area (Å²) in [5.41, 5.74) is -1.54. The second-order valence-electron chi connectivity index (χ2n) is 9.84. The third-order valence-electron chi connectivity index (χ3n) is 7.29. The van der Waals surface area contributed by atoms with Crippen LogP contribution in [0.3, 0.4) is 0 Å². The Hall–Kier alpha value is -2.23. The van der Waals surface area contributed by atoms with Gasteiger partial charge in [0.1, 0.15) is 16.9 Å². The monoisotopic (exact) mass is 467 g/mol. The Labute approximate surface area is 187 Å². The third kappa shape index (κ3) is 4.33. The Bertz CT molecular complexity index is 1100. The fourth-order valence-electron chi connectivity index (χ4n) is 4.74. The molecular formula is C22H30FN3O5S. The van der Waals surface area contributed by atoms with Crippen molar-refractivity contribution in [1.82, 2.24) is 14.8 Å². The number of pyridine rings is 1. The summed E-state index contributed by atoms with van der Waals surface area (Å²) in [4.78, 5) is 39.9. The van der Waals surface area contributed by atoms with E-state index in [2.05, 4.69) is 5.32 Å². The van der Waals surface area contributed by atoms with Crippen molar-refractivity contribution in [3.05, 3.63) is 33.7 Å². The van der Waals surface area contributed by atoms with Crippen LogP contribution in [0, 0.1) is 5.92 Å². The molecule has 1 aromatic rings. The van der Waals surface area contributed by atoms with Gasteiger partial charge in [0.25, 0.3) is 17.4 Å². The fraction of sp³-hybridized carbons (Fsp3) is 0.682. The average Bonchev–Trinajstić information content (AvgIpc) is 3.50. The van der Waals surface area contributed by atoms with Gasteiger partial charge in [-0.25, -0.2) is 12.8 Å². The molecule has 3 aliphatic rings. The maximum absolute atomic E-state index is 13.9. The Morgan fingerprint density at radius 1 is 1.16 bits per heavy atom. The second-order valence-corrected chi connectivity index (χ2v) is 12.2. The van der Waals surface area contributed by atoms with E-state index in [1.54, 1.807) is 6.92 Å². The third-order valence-corrected chi connectivity index (χ3v) is 9.40. The molecule has 0 spiro atoms. The molecule has 8 nitrogen and oxygen atoms in total. The molecule has 0 unspecified atom stereocenters. The molecule has 2 aliphatic carbocycles. The first-order chi connectivity index (χ1) is 14.9. The smallest absolute Gasteiger partial charge is 0.270 e. The molecule has 0 bridgehead atoms. The molecule has 10 heteroatoms. The summed E-state index contributed by atoms with van der Waals surface area (Å²) >= 11 is 0. The van der Waals surface area contributed by atoms with E-state index in [9.17, 15) is 27.2 Å². The number of nitrogens with one attached hydrogen (secondary N) is 1. The zero-order chi connectivity index (χ0) is 23.3. The van der Waals surface area contributed by atoms with E-state index in [-0.39, 0.29) is 36.8 Å². The van der Waals surface area contributed by atoms with Gasteiger partial charge in [-0.1, -0.05) is 0 Å². The Balaban J connectivity index is 1.43. The molecule has 1 N–H and O–H groups in total. The number of carbonyl (C=O) groups excluding carboxylic acids is 2. The Morgan fingerprint density at radius 3 is 2.41 bits per heavy atom. The Kier molecular flexibility index (Phi) is 5.71. The number of rotatable bonds is 6. The van der Waals surface area contributed by atoms with Gasteiger partial charge < -0.3 is 14.8 Å². The van der Waals surface area contributed by atoms with Crippen molar-refractivity contribution in [1.29, 1.82) is 0 Å².